The molecule has 0 aromatic rings. The Morgan fingerprint density at radius 3 is 2.50 bits per heavy atom. The summed E-state index contributed by atoms with van der Waals surface area (Å²) in [5.41, 5.74) is -0.494. The second-order valence-corrected chi connectivity index (χ2v) is 5.39. The molecule has 104 valence electrons. The fraction of sp³-hybridized carbons (Fsp3) is 0.846. The molecule has 0 aliphatic carbocycles. The Hall–Kier alpha value is -1.10. The second kappa shape index (κ2) is 6.18. The van der Waals surface area contributed by atoms with E-state index in [4.69, 9.17) is 5.11 Å². The van der Waals surface area contributed by atoms with E-state index >= 15 is 0 Å². The Kier molecular flexibility index (Phi) is 5.14. The Morgan fingerprint density at radius 1 is 1.44 bits per heavy atom. The van der Waals surface area contributed by atoms with Crippen molar-refractivity contribution in [3.05, 3.63) is 0 Å². The van der Waals surface area contributed by atoms with Gasteiger partial charge in [0.2, 0.25) is 5.91 Å². The highest BCUT2D eigenvalue weighted by Crippen LogP contribution is 2.23. The summed E-state index contributed by atoms with van der Waals surface area (Å²) in [7, 11) is 0. The first kappa shape index (κ1) is 15.0. The fourth-order valence-corrected chi connectivity index (χ4v) is 2.41. The Bertz CT molecular complexity index is 309. The molecule has 0 spiro atoms. The lowest BCUT2D eigenvalue weighted by atomic mass is 9.91. The molecule has 18 heavy (non-hydrogen) atoms. The van der Waals surface area contributed by atoms with E-state index in [0.717, 1.165) is 25.8 Å². The molecular weight excluding hydrogens is 232 g/mol. The number of rotatable bonds is 6. The molecule has 2 unspecified atom stereocenters. The van der Waals surface area contributed by atoms with Crippen LogP contribution in [0.25, 0.3) is 0 Å². The van der Waals surface area contributed by atoms with E-state index in [0.29, 0.717) is 0 Å². The van der Waals surface area contributed by atoms with Gasteiger partial charge in [0.15, 0.2) is 0 Å². The van der Waals surface area contributed by atoms with Gasteiger partial charge in [0.1, 0.15) is 0 Å². The minimum atomic E-state index is -0.876. The van der Waals surface area contributed by atoms with Crippen molar-refractivity contribution in [1.29, 1.82) is 0 Å². The van der Waals surface area contributed by atoms with Crippen molar-refractivity contribution in [3.63, 3.8) is 0 Å². The molecule has 1 aliphatic heterocycles. The number of carbonyl (C=O) groups is 2. The molecule has 0 bridgehead atoms. The number of carboxylic acid groups (broad SMARTS) is 1. The largest absolute Gasteiger partial charge is 0.481 e. The van der Waals surface area contributed by atoms with E-state index in [-0.39, 0.29) is 24.3 Å². The van der Waals surface area contributed by atoms with E-state index in [1.807, 2.05) is 20.8 Å². The van der Waals surface area contributed by atoms with Gasteiger partial charge < -0.3 is 15.7 Å². The number of hydrogen-bond acceptors (Lipinski definition) is 3. The molecule has 1 amide bonds. The van der Waals surface area contributed by atoms with Crippen molar-refractivity contribution in [1.82, 2.24) is 10.6 Å². The summed E-state index contributed by atoms with van der Waals surface area (Å²) in [4.78, 5) is 23.1. The lowest BCUT2D eigenvalue weighted by Gasteiger charge is -2.30. The predicted molar refractivity (Wildman–Crippen MR) is 69.3 cm³/mol. The van der Waals surface area contributed by atoms with Crippen LogP contribution >= 0.6 is 0 Å². The van der Waals surface area contributed by atoms with Crippen molar-refractivity contribution in [3.8, 4) is 0 Å². The highest BCUT2D eigenvalue weighted by atomic mass is 16.4. The third-order valence-electron chi connectivity index (χ3n) is 3.80. The van der Waals surface area contributed by atoms with Crippen LogP contribution in [0.2, 0.25) is 0 Å². The standard InChI is InChI=1S/C13H24N2O3/c1-4-13(6-5-7-14-13)12(18)15-10(9(2)3)8-11(16)17/h9-10,14H,4-8H2,1-3H3,(H,15,18)(H,16,17). The number of carbonyl (C=O) groups excluding carboxylic acids is 1. The zero-order valence-corrected chi connectivity index (χ0v) is 11.5. The van der Waals surface area contributed by atoms with Crippen LogP contribution in [0.15, 0.2) is 0 Å². The molecule has 5 nitrogen and oxygen atoms in total. The molecule has 0 aromatic carbocycles. The molecule has 5 heteroatoms. The first-order chi connectivity index (χ1) is 8.41. The third kappa shape index (κ3) is 3.45. The number of aliphatic carboxylic acids is 1. The third-order valence-corrected chi connectivity index (χ3v) is 3.80. The summed E-state index contributed by atoms with van der Waals surface area (Å²) in [5.74, 6) is -0.818. The Balaban J connectivity index is 2.68. The van der Waals surface area contributed by atoms with Crippen LogP contribution in [-0.2, 0) is 9.59 Å². The topological polar surface area (TPSA) is 78.4 Å². The average molecular weight is 256 g/mol. The van der Waals surface area contributed by atoms with E-state index < -0.39 is 11.5 Å². The zero-order chi connectivity index (χ0) is 13.8. The minimum absolute atomic E-state index is 0.0246. The van der Waals surface area contributed by atoms with Crippen LogP contribution in [-0.4, -0.2) is 35.1 Å². The first-order valence-electron chi connectivity index (χ1n) is 6.69. The van der Waals surface area contributed by atoms with Gasteiger partial charge in [-0.05, 0) is 31.7 Å². The molecule has 0 radical (unpaired) electrons. The van der Waals surface area contributed by atoms with Crippen LogP contribution < -0.4 is 10.6 Å². The van der Waals surface area contributed by atoms with Gasteiger partial charge in [-0.2, -0.15) is 0 Å². The zero-order valence-electron chi connectivity index (χ0n) is 11.5. The van der Waals surface area contributed by atoms with Crippen LogP contribution in [0, 0.1) is 5.92 Å². The van der Waals surface area contributed by atoms with Crippen LogP contribution in [0.4, 0.5) is 0 Å². The maximum atomic E-state index is 12.3. The van der Waals surface area contributed by atoms with Gasteiger partial charge >= 0.3 is 5.97 Å². The van der Waals surface area contributed by atoms with Gasteiger partial charge in [0.25, 0.3) is 0 Å². The minimum Gasteiger partial charge on any atom is -0.481 e. The smallest absolute Gasteiger partial charge is 0.305 e. The van der Waals surface area contributed by atoms with Crippen LogP contribution in [0.3, 0.4) is 0 Å². The van der Waals surface area contributed by atoms with Gasteiger partial charge in [-0.15, -0.1) is 0 Å². The van der Waals surface area contributed by atoms with Crippen molar-refractivity contribution in [2.45, 2.75) is 58.0 Å². The normalized spacial score (nSPS) is 25.1. The maximum Gasteiger partial charge on any atom is 0.305 e. The summed E-state index contributed by atoms with van der Waals surface area (Å²) in [6.45, 7) is 6.69. The molecule has 1 heterocycles. The molecule has 1 aliphatic rings. The first-order valence-corrected chi connectivity index (χ1v) is 6.69. The second-order valence-electron chi connectivity index (χ2n) is 5.39. The van der Waals surface area contributed by atoms with E-state index in [2.05, 4.69) is 10.6 Å². The molecule has 2 atom stereocenters. The molecule has 3 N–H and O–H groups in total. The van der Waals surface area contributed by atoms with E-state index in [1.165, 1.54) is 0 Å². The average Bonchev–Trinajstić information content (AvgIpc) is 2.77. The van der Waals surface area contributed by atoms with Crippen molar-refractivity contribution >= 4 is 11.9 Å². The number of hydrogen-bond donors (Lipinski definition) is 3. The Labute approximate surface area is 108 Å². The van der Waals surface area contributed by atoms with E-state index in [1.54, 1.807) is 0 Å². The summed E-state index contributed by atoms with van der Waals surface area (Å²) >= 11 is 0. The number of carboxylic acids is 1. The molecular formula is C13H24N2O3. The van der Waals surface area contributed by atoms with E-state index in [9.17, 15) is 9.59 Å². The van der Waals surface area contributed by atoms with Gasteiger partial charge in [-0.3, -0.25) is 9.59 Å². The van der Waals surface area contributed by atoms with Gasteiger partial charge in [-0.1, -0.05) is 20.8 Å². The summed E-state index contributed by atoms with van der Waals surface area (Å²) < 4.78 is 0. The number of nitrogens with one attached hydrogen (secondary N) is 2. The lowest BCUT2D eigenvalue weighted by Crippen LogP contribution is -2.56. The highest BCUT2D eigenvalue weighted by Gasteiger charge is 2.40. The van der Waals surface area contributed by atoms with Crippen LogP contribution in [0.5, 0.6) is 0 Å². The van der Waals surface area contributed by atoms with Crippen molar-refractivity contribution < 1.29 is 14.7 Å². The molecule has 0 aromatic heterocycles. The van der Waals surface area contributed by atoms with Crippen molar-refractivity contribution in [2.75, 3.05) is 6.54 Å². The lowest BCUT2D eigenvalue weighted by molar-refractivity contribution is -0.138. The quantitative estimate of drug-likeness (QED) is 0.666. The summed E-state index contributed by atoms with van der Waals surface area (Å²) in [6.07, 6.45) is 2.53. The summed E-state index contributed by atoms with van der Waals surface area (Å²) in [5, 5.41) is 15.0. The maximum absolute atomic E-state index is 12.3. The predicted octanol–water partition coefficient (Wildman–Crippen LogP) is 1.13. The monoisotopic (exact) mass is 256 g/mol. The molecule has 0 saturated carbocycles. The molecule has 1 rings (SSSR count). The Morgan fingerprint density at radius 2 is 2.11 bits per heavy atom. The van der Waals surface area contributed by atoms with Gasteiger partial charge in [0.05, 0.1) is 12.0 Å². The SMILES string of the molecule is CCC1(C(=O)NC(CC(=O)O)C(C)C)CCCN1. The van der Waals surface area contributed by atoms with Crippen molar-refractivity contribution in [2.24, 2.45) is 5.92 Å². The summed E-state index contributed by atoms with van der Waals surface area (Å²) in [6, 6.07) is -0.305. The van der Waals surface area contributed by atoms with Crippen LogP contribution in [0.1, 0.15) is 46.5 Å². The molecule has 1 saturated heterocycles. The van der Waals surface area contributed by atoms with Gasteiger partial charge in [-0.25, -0.2) is 0 Å². The number of amides is 1. The highest BCUT2D eigenvalue weighted by molar-refractivity contribution is 5.87. The molecule has 1 fully saturated rings. The fourth-order valence-electron chi connectivity index (χ4n) is 2.41. The van der Waals surface area contributed by atoms with Gasteiger partial charge in [0, 0.05) is 6.04 Å².